The van der Waals surface area contributed by atoms with Crippen molar-refractivity contribution >= 4 is 35.0 Å². The minimum atomic E-state index is -0.638. The first kappa shape index (κ1) is 24.2. The molecule has 2 rings (SSSR count). The molecule has 4 nitrogen and oxygen atoms in total. The van der Waals surface area contributed by atoms with Crippen LogP contribution in [0.15, 0.2) is 42.5 Å². The molecule has 0 aliphatic rings. The fourth-order valence-corrected chi connectivity index (χ4v) is 3.39. The third kappa shape index (κ3) is 6.71. The summed E-state index contributed by atoms with van der Waals surface area (Å²) in [6, 6.07) is 10.3. The molecule has 0 heterocycles. The highest BCUT2D eigenvalue weighted by Crippen LogP contribution is 2.24. The van der Waals surface area contributed by atoms with Crippen molar-refractivity contribution < 1.29 is 14.0 Å². The van der Waals surface area contributed by atoms with E-state index in [1.807, 2.05) is 20.8 Å². The summed E-state index contributed by atoms with van der Waals surface area (Å²) in [5.41, 5.74) is 1.45. The summed E-state index contributed by atoms with van der Waals surface area (Å²) in [5, 5.41) is 3.77. The molecule has 0 aliphatic carbocycles. The Kier molecular flexibility index (Phi) is 9.12. The first-order valence-electron chi connectivity index (χ1n) is 10.0. The number of benzene rings is 2. The van der Waals surface area contributed by atoms with Gasteiger partial charge < -0.3 is 10.2 Å². The zero-order chi connectivity index (χ0) is 22.3. The number of nitrogens with one attached hydrogen (secondary N) is 1. The predicted molar refractivity (Wildman–Crippen MR) is 119 cm³/mol. The minimum Gasteiger partial charge on any atom is -0.352 e. The van der Waals surface area contributed by atoms with Gasteiger partial charge in [0.05, 0.1) is 16.5 Å². The molecule has 0 aliphatic heterocycles. The maximum atomic E-state index is 13.2. The normalized spacial score (nSPS) is 12.9. The lowest BCUT2D eigenvalue weighted by Crippen LogP contribution is -2.51. The lowest BCUT2D eigenvalue weighted by molar-refractivity contribution is -0.141. The van der Waals surface area contributed by atoms with E-state index < -0.39 is 6.04 Å². The highest BCUT2D eigenvalue weighted by molar-refractivity contribution is 6.42. The second-order valence-corrected chi connectivity index (χ2v) is 8.13. The van der Waals surface area contributed by atoms with Crippen LogP contribution in [0.1, 0.15) is 44.7 Å². The molecule has 2 aromatic carbocycles. The summed E-state index contributed by atoms with van der Waals surface area (Å²) in [7, 11) is 0. The Morgan fingerprint density at radius 1 is 1.00 bits per heavy atom. The van der Waals surface area contributed by atoms with Crippen LogP contribution in [0.4, 0.5) is 4.39 Å². The molecule has 2 aromatic rings. The molecule has 162 valence electrons. The summed E-state index contributed by atoms with van der Waals surface area (Å²) in [5.74, 6) is -0.781. The summed E-state index contributed by atoms with van der Waals surface area (Å²) in [6.07, 6.45) is 1.31. The van der Waals surface area contributed by atoms with Crippen LogP contribution >= 0.6 is 23.2 Å². The Balaban J connectivity index is 2.31. The Labute approximate surface area is 187 Å². The van der Waals surface area contributed by atoms with Crippen molar-refractivity contribution in [2.75, 3.05) is 0 Å². The van der Waals surface area contributed by atoms with Crippen LogP contribution in [0.5, 0.6) is 0 Å². The van der Waals surface area contributed by atoms with E-state index in [9.17, 15) is 14.0 Å². The third-order valence-corrected chi connectivity index (χ3v) is 5.73. The van der Waals surface area contributed by atoms with E-state index in [2.05, 4.69) is 5.32 Å². The smallest absolute Gasteiger partial charge is 0.243 e. The van der Waals surface area contributed by atoms with E-state index in [1.54, 1.807) is 35.2 Å². The quantitative estimate of drug-likeness (QED) is 0.553. The molecule has 1 N–H and O–H groups in total. The summed E-state index contributed by atoms with van der Waals surface area (Å²) in [4.78, 5) is 27.7. The van der Waals surface area contributed by atoms with E-state index in [1.165, 1.54) is 12.1 Å². The molecule has 0 fully saturated rings. The van der Waals surface area contributed by atoms with E-state index >= 15 is 0 Å². The molecule has 2 amide bonds. The number of carbonyl (C=O) groups excluding carboxylic acids is 2. The molecule has 0 bridgehead atoms. The Morgan fingerprint density at radius 3 is 2.20 bits per heavy atom. The van der Waals surface area contributed by atoms with Crippen LogP contribution in [-0.4, -0.2) is 28.8 Å². The molecule has 30 heavy (non-hydrogen) atoms. The molecule has 0 aromatic heterocycles. The number of halogens is 3. The van der Waals surface area contributed by atoms with Gasteiger partial charge in [-0.25, -0.2) is 4.39 Å². The second kappa shape index (κ2) is 11.3. The highest BCUT2D eigenvalue weighted by atomic mass is 35.5. The van der Waals surface area contributed by atoms with Crippen molar-refractivity contribution in [3.05, 3.63) is 69.5 Å². The number of hydrogen-bond acceptors (Lipinski definition) is 2. The van der Waals surface area contributed by atoms with Crippen LogP contribution in [0.25, 0.3) is 0 Å². The highest BCUT2D eigenvalue weighted by Gasteiger charge is 2.29. The van der Waals surface area contributed by atoms with Crippen LogP contribution < -0.4 is 5.32 Å². The van der Waals surface area contributed by atoms with Crippen molar-refractivity contribution in [3.8, 4) is 0 Å². The van der Waals surface area contributed by atoms with Gasteiger partial charge in [-0.1, -0.05) is 55.2 Å². The molecule has 0 spiro atoms. The van der Waals surface area contributed by atoms with Gasteiger partial charge in [0.2, 0.25) is 11.8 Å². The van der Waals surface area contributed by atoms with Crippen molar-refractivity contribution in [3.63, 3.8) is 0 Å². The van der Waals surface area contributed by atoms with Gasteiger partial charge in [0.25, 0.3) is 0 Å². The van der Waals surface area contributed by atoms with Gasteiger partial charge >= 0.3 is 0 Å². The van der Waals surface area contributed by atoms with Crippen molar-refractivity contribution in [1.82, 2.24) is 10.2 Å². The monoisotopic (exact) mass is 452 g/mol. The van der Waals surface area contributed by atoms with E-state index in [0.29, 0.717) is 22.0 Å². The standard InChI is InChI=1S/C23H27Cl2FN2O2/c1-4-15(3)27-23(30)21(5-2)28(14-17-8-11-19(24)20(25)12-17)22(29)13-16-6-9-18(26)10-7-16/h6-12,15,21H,4-5,13-14H2,1-3H3,(H,27,30)/t15-,21-/m0/s1. The Morgan fingerprint density at radius 2 is 1.63 bits per heavy atom. The van der Waals surface area contributed by atoms with Gasteiger partial charge in [0, 0.05) is 12.6 Å². The fraction of sp³-hybridized carbons (Fsp3) is 0.391. The van der Waals surface area contributed by atoms with Crippen LogP contribution in [0.3, 0.4) is 0 Å². The SMILES string of the molecule is CC[C@H](C)NC(=O)[C@H](CC)N(Cc1ccc(Cl)c(Cl)c1)C(=O)Cc1ccc(F)cc1. The largest absolute Gasteiger partial charge is 0.352 e. The molecule has 0 saturated heterocycles. The van der Waals surface area contributed by atoms with Crippen molar-refractivity contribution in [2.45, 2.75) is 58.7 Å². The molecule has 7 heteroatoms. The Bertz CT molecular complexity index is 874. The number of amides is 2. The van der Waals surface area contributed by atoms with Crippen molar-refractivity contribution in [2.24, 2.45) is 0 Å². The number of nitrogens with zero attached hydrogens (tertiary/aromatic N) is 1. The average Bonchev–Trinajstić information content (AvgIpc) is 2.72. The van der Waals surface area contributed by atoms with E-state index in [-0.39, 0.29) is 36.6 Å². The molecule has 0 saturated carbocycles. The van der Waals surface area contributed by atoms with Gasteiger partial charge in [-0.3, -0.25) is 9.59 Å². The fourth-order valence-electron chi connectivity index (χ4n) is 3.07. The second-order valence-electron chi connectivity index (χ2n) is 7.32. The molecular formula is C23H27Cl2FN2O2. The molecule has 0 unspecified atom stereocenters. The van der Waals surface area contributed by atoms with Crippen LogP contribution in [0.2, 0.25) is 10.0 Å². The summed E-state index contributed by atoms with van der Waals surface area (Å²) < 4.78 is 13.2. The van der Waals surface area contributed by atoms with E-state index in [4.69, 9.17) is 23.2 Å². The van der Waals surface area contributed by atoms with Crippen LogP contribution in [-0.2, 0) is 22.6 Å². The molecule has 2 atom stereocenters. The number of hydrogen-bond donors (Lipinski definition) is 1. The first-order valence-corrected chi connectivity index (χ1v) is 10.8. The lowest BCUT2D eigenvalue weighted by Gasteiger charge is -2.31. The maximum absolute atomic E-state index is 13.2. The topological polar surface area (TPSA) is 49.4 Å². The zero-order valence-electron chi connectivity index (χ0n) is 17.4. The van der Waals surface area contributed by atoms with Gasteiger partial charge in [-0.05, 0) is 55.2 Å². The molecule has 0 radical (unpaired) electrons. The van der Waals surface area contributed by atoms with Gasteiger partial charge in [0.1, 0.15) is 11.9 Å². The summed E-state index contributed by atoms with van der Waals surface area (Å²) in [6.45, 7) is 5.99. The first-order chi connectivity index (χ1) is 14.2. The third-order valence-electron chi connectivity index (χ3n) is 4.99. The summed E-state index contributed by atoms with van der Waals surface area (Å²) >= 11 is 12.1. The molecular weight excluding hydrogens is 426 g/mol. The van der Waals surface area contributed by atoms with Crippen LogP contribution in [0, 0.1) is 5.82 Å². The Hall–Kier alpha value is -2.11. The van der Waals surface area contributed by atoms with Gasteiger partial charge in [-0.2, -0.15) is 0 Å². The predicted octanol–water partition coefficient (Wildman–Crippen LogP) is 5.40. The zero-order valence-corrected chi connectivity index (χ0v) is 18.9. The number of rotatable bonds is 9. The van der Waals surface area contributed by atoms with Gasteiger partial charge in [-0.15, -0.1) is 0 Å². The maximum Gasteiger partial charge on any atom is 0.243 e. The minimum absolute atomic E-state index is 0.00516. The lowest BCUT2D eigenvalue weighted by atomic mass is 10.1. The number of carbonyl (C=O) groups is 2. The van der Waals surface area contributed by atoms with Crippen molar-refractivity contribution in [1.29, 1.82) is 0 Å². The van der Waals surface area contributed by atoms with E-state index in [0.717, 1.165) is 12.0 Å². The van der Waals surface area contributed by atoms with Gasteiger partial charge in [0.15, 0.2) is 0 Å². The average molecular weight is 453 g/mol.